The number of halogens is 1. The first-order chi connectivity index (χ1) is 17.9. The Morgan fingerprint density at radius 3 is 2.32 bits per heavy atom. The van der Waals surface area contributed by atoms with Gasteiger partial charge in [-0.15, -0.1) is 0 Å². The van der Waals surface area contributed by atoms with Crippen molar-refractivity contribution in [1.29, 1.82) is 0 Å². The largest absolute Gasteiger partial charge is 0.378 e. The van der Waals surface area contributed by atoms with E-state index < -0.39 is 10.1 Å². The van der Waals surface area contributed by atoms with Gasteiger partial charge in [-0.1, -0.05) is 33.6 Å². The highest BCUT2D eigenvalue weighted by atomic mass is 79.9. The van der Waals surface area contributed by atoms with Crippen molar-refractivity contribution in [3.8, 4) is 5.75 Å². The lowest BCUT2D eigenvalue weighted by Gasteiger charge is -2.21. The summed E-state index contributed by atoms with van der Waals surface area (Å²) in [6, 6.07) is 13.5. The molecule has 0 saturated carbocycles. The van der Waals surface area contributed by atoms with Gasteiger partial charge >= 0.3 is 10.1 Å². The van der Waals surface area contributed by atoms with Crippen molar-refractivity contribution < 1.29 is 12.6 Å². The quantitative estimate of drug-likeness (QED) is 0.225. The molecule has 3 aromatic rings. The van der Waals surface area contributed by atoms with Crippen molar-refractivity contribution in [3.63, 3.8) is 0 Å². The molecule has 5 rings (SSSR count). The van der Waals surface area contributed by atoms with E-state index in [0.717, 1.165) is 67.7 Å². The maximum Gasteiger partial charge on any atom is 0.339 e. The van der Waals surface area contributed by atoms with E-state index in [1.165, 1.54) is 18.3 Å². The minimum Gasteiger partial charge on any atom is -0.378 e. The molecule has 2 fully saturated rings. The fraction of sp³-hybridized carbons (Fsp3) is 0.346. The Hall–Kier alpha value is -3.18. The van der Waals surface area contributed by atoms with Crippen molar-refractivity contribution in [3.05, 3.63) is 64.1 Å². The number of hydrazone groups is 1. The van der Waals surface area contributed by atoms with Gasteiger partial charge in [0.15, 0.2) is 11.6 Å². The molecule has 2 saturated heterocycles. The Morgan fingerprint density at radius 1 is 0.946 bits per heavy atom. The van der Waals surface area contributed by atoms with E-state index in [2.05, 4.69) is 36.3 Å². The summed E-state index contributed by atoms with van der Waals surface area (Å²) >= 11 is 3.44. The van der Waals surface area contributed by atoms with Crippen LogP contribution >= 0.6 is 15.9 Å². The molecule has 0 spiro atoms. The van der Waals surface area contributed by atoms with E-state index in [9.17, 15) is 8.42 Å². The molecular weight excluding hydrogens is 556 g/mol. The maximum atomic E-state index is 12.9. The summed E-state index contributed by atoms with van der Waals surface area (Å²) in [6.07, 6.45) is 6.10. The highest BCUT2D eigenvalue weighted by Crippen LogP contribution is 2.27. The van der Waals surface area contributed by atoms with E-state index in [0.29, 0.717) is 17.3 Å². The predicted octanol–water partition coefficient (Wildman–Crippen LogP) is 4.96. The smallest absolute Gasteiger partial charge is 0.339 e. The number of hydrogen-bond donors (Lipinski definition) is 1. The van der Waals surface area contributed by atoms with Gasteiger partial charge in [0.2, 0.25) is 5.95 Å². The van der Waals surface area contributed by atoms with Crippen molar-refractivity contribution >= 4 is 49.8 Å². The fourth-order valence-electron chi connectivity index (χ4n) is 4.38. The standard InChI is InChI=1S/C26H29BrN6O3S/c1-19-6-9-22(10-7-19)37(34,35)36-23-11-8-21(27)16-20(23)18-28-31-24-17-25(32-12-2-3-13-32)30-26(29-24)33-14-4-5-15-33/h6-11,16-18H,2-5,12-15H2,1H3,(H,29,30,31)/b28-18+. The summed E-state index contributed by atoms with van der Waals surface area (Å²) in [5.41, 5.74) is 4.47. The second-order valence-corrected chi connectivity index (χ2v) is 11.7. The normalized spacial score (nSPS) is 16.1. The van der Waals surface area contributed by atoms with Gasteiger partial charge in [-0.25, -0.2) is 0 Å². The lowest BCUT2D eigenvalue weighted by Crippen LogP contribution is -2.24. The molecule has 0 radical (unpaired) electrons. The van der Waals surface area contributed by atoms with E-state index in [1.54, 1.807) is 30.3 Å². The van der Waals surface area contributed by atoms with Crippen molar-refractivity contribution in [2.45, 2.75) is 37.5 Å². The van der Waals surface area contributed by atoms with Gasteiger partial charge in [0.05, 0.1) is 6.21 Å². The van der Waals surface area contributed by atoms with Crippen molar-refractivity contribution in [2.24, 2.45) is 5.10 Å². The molecule has 1 aromatic heterocycles. The number of anilines is 3. The molecule has 0 unspecified atom stereocenters. The van der Waals surface area contributed by atoms with Gasteiger partial charge in [0, 0.05) is 42.3 Å². The van der Waals surface area contributed by atoms with E-state index >= 15 is 0 Å². The Labute approximate surface area is 225 Å². The van der Waals surface area contributed by atoms with Crippen LogP contribution in [0.2, 0.25) is 0 Å². The Kier molecular flexibility index (Phi) is 7.61. The van der Waals surface area contributed by atoms with Gasteiger partial charge in [-0.2, -0.15) is 23.5 Å². The Bertz CT molecular complexity index is 1350. The third-order valence-electron chi connectivity index (χ3n) is 6.38. The van der Waals surface area contributed by atoms with Crippen LogP contribution < -0.4 is 19.4 Å². The summed E-state index contributed by atoms with van der Waals surface area (Å²) < 4.78 is 32.0. The van der Waals surface area contributed by atoms with Crippen LogP contribution in [0.3, 0.4) is 0 Å². The second-order valence-electron chi connectivity index (χ2n) is 9.20. The molecule has 0 aliphatic carbocycles. The minimum absolute atomic E-state index is 0.0897. The number of rotatable bonds is 8. The Morgan fingerprint density at radius 2 is 1.62 bits per heavy atom. The van der Waals surface area contributed by atoms with Crippen LogP contribution in [-0.4, -0.2) is 50.8 Å². The molecule has 2 aromatic carbocycles. The molecule has 0 atom stereocenters. The molecule has 2 aliphatic rings. The predicted molar refractivity (Wildman–Crippen MR) is 149 cm³/mol. The SMILES string of the molecule is Cc1ccc(S(=O)(=O)Oc2ccc(Br)cc2/C=N/Nc2cc(N3CCCC3)nc(N3CCCC3)n2)cc1. The van der Waals surface area contributed by atoms with Gasteiger partial charge in [-0.05, 0) is 62.9 Å². The number of nitrogens with zero attached hydrogens (tertiary/aromatic N) is 5. The average molecular weight is 586 g/mol. The number of hydrogen-bond acceptors (Lipinski definition) is 9. The molecule has 11 heteroatoms. The first kappa shape index (κ1) is 25.5. The zero-order valence-electron chi connectivity index (χ0n) is 20.6. The van der Waals surface area contributed by atoms with Crippen LogP contribution in [-0.2, 0) is 10.1 Å². The highest BCUT2D eigenvalue weighted by molar-refractivity contribution is 9.10. The van der Waals surface area contributed by atoms with Gasteiger partial charge in [0.1, 0.15) is 10.7 Å². The first-order valence-corrected chi connectivity index (χ1v) is 14.6. The second kappa shape index (κ2) is 11.1. The van der Waals surface area contributed by atoms with E-state index in [-0.39, 0.29) is 10.6 Å². The average Bonchev–Trinajstić information content (AvgIpc) is 3.61. The number of benzene rings is 2. The molecule has 3 heterocycles. The van der Waals surface area contributed by atoms with Gasteiger partial charge in [-0.3, -0.25) is 5.43 Å². The zero-order chi connectivity index (χ0) is 25.8. The van der Waals surface area contributed by atoms with Crippen LogP contribution in [0, 0.1) is 6.92 Å². The van der Waals surface area contributed by atoms with Gasteiger partial charge < -0.3 is 14.0 Å². The molecular formula is C26H29BrN6O3S. The third-order valence-corrected chi connectivity index (χ3v) is 8.13. The summed E-state index contributed by atoms with van der Waals surface area (Å²) in [5.74, 6) is 2.35. The lowest BCUT2D eigenvalue weighted by atomic mass is 10.2. The molecule has 1 N–H and O–H groups in total. The van der Waals surface area contributed by atoms with Crippen molar-refractivity contribution in [1.82, 2.24) is 9.97 Å². The molecule has 0 bridgehead atoms. The zero-order valence-corrected chi connectivity index (χ0v) is 23.0. The Balaban J connectivity index is 1.38. The van der Waals surface area contributed by atoms with Crippen LogP contribution in [0.1, 0.15) is 36.8 Å². The van der Waals surface area contributed by atoms with E-state index in [1.807, 2.05) is 13.0 Å². The summed E-state index contributed by atoms with van der Waals surface area (Å²) in [4.78, 5) is 14.1. The third kappa shape index (κ3) is 6.22. The topological polar surface area (TPSA) is 100 Å². The number of aryl methyl sites for hydroxylation is 1. The molecule has 0 amide bonds. The van der Waals surface area contributed by atoms with Crippen LogP contribution in [0.25, 0.3) is 0 Å². The molecule has 37 heavy (non-hydrogen) atoms. The highest BCUT2D eigenvalue weighted by Gasteiger charge is 2.21. The van der Waals surface area contributed by atoms with Gasteiger partial charge in [0.25, 0.3) is 0 Å². The fourth-order valence-corrected chi connectivity index (χ4v) is 5.71. The number of aromatic nitrogens is 2. The van der Waals surface area contributed by atoms with Crippen molar-refractivity contribution in [2.75, 3.05) is 41.4 Å². The summed E-state index contributed by atoms with van der Waals surface area (Å²) in [7, 11) is -4.00. The maximum absolute atomic E-state index is 12.9. The minimum atomic E-state index is -4.00. The first-order valence-electron chi connectivity index (χ1n) is 12.4. The molecule has 9 nitrogen and oxygen atoms in total. The number of nitrogens with one attached hydrogen (secondary N) is 1. The van der Waals surface area contributed by atoms with Crippen LogP contribution in [0.15, 0.2) is 63.0 Å². The molecule has 2 aliphatic heterocycles. The monoisotopic (exact) mass is 584 g/mol. The van der Waals surface area contributed by atoms with Crippen LogP contribution in [0.5, 0.6) is 5.75 Å². The molecule has 194 valence electrons. The lowest BCUT2D eigenvalue weighted by molar-refractivity contribution is 0.485. The van der Waals surface area contributed by atoms with Crippen LogP contribution in [0.4, 0.5) is 17.6 Å². The summed E-state index contributed by atoms with van der Waals surface area (Å²) in [6.45, 7) is 5.74. The van der Waals surface area contributed by atoms with E-state index in [4.69, 9.17) is 14.2 Å². The summed E-state index contributed by atoms with van der Waals surface area (Å²) in [5, 5.41) is 4.37.